The summed E-state index contributed by atoms with van der Waals surface area (Å²) in [4.78, 5) is 5.08. The SMILES string of the molecule is Cn1cnc(C#N)c1-c1cccs1. The van der Waals surface area contributed by atoms with Crippen molar-refractivity contribution in [1.82, 2.24) is 9.55 Å². The van der Waals surface area contributed by atoms with E-state index in [4.69, 9.17) is 5.26 Å². The number of thiophene rings is 1. The van der Waals surface area contributed by atoms with Gasteiger partial charge in [0.25, 0.3) is 0 Å². The summed E-state index contributed by atoms with van der Waals surface area (Å²) in [5, 5.41) is 10.8. The molecule has 0 bridgehead atoms. The van der Waals surface area contributed by atoms with Crippen molar-refractivity contribution in [3.8, 4) is 16.6 Å². The van der Waals surface area contributed by atoms with Crippen LogP contribution in [0.15, 0.2) is 23.8 Å². The van der Waals surface area contributed by atoms with Gasteiger partial charge in [0.2, 0.25) is 0 Å². The van der Waals surface area contributed by atoms with E-state index in [1.54, 1.807) is 17.7 Å². The third-order valence-corrected chi connectivity index (χ3v) is 2.67. The van der Waals surface area contributed by atoms with Gasteiger partial charge < -0.3 is 4.57 Å². The van der Waals surface area contributed by atoms with Crippen LogP contribution in [-0.2, 0) is 7.05 Å². The molecule has 0 saturated heterocycles. The molecule has 0 atom stereocenters. The Bertz CT molecular complexity index is 448. The number of nitrogens with zero attached hydrogens (tertiary/aromatic N) is 3. The molecule has 4 heteroatoms. The lowest BCUT2D eigenvalue weighted by atomic mass is 10.3. The van der Waals surface area contributed by atoms with Gasteiger partial charge in [0.15, 0.2) is 5.69 Å². The van der Waals surface area contributed by atoms with Crippen LogP contribution in [-0.4, -0.2) is 9.55 Å². The Morgan fingerprint density at radius 3 is 3.08 bits per heavy atom. The summed E-state index contributed by atoms with van der Waals surface area (Å²) in [7, 11) is 1.89. The van der Waals surface area contributed by atoms with Crippen LogP contribution in [0.3, 0.4) is 0 Å². The Kier molecular flexibility index (Phi) is 1.87. The maximum atomic E-state index is 8.81. The van der Waals surface area contributed by atoms with Gasteiger partial charge in [-0.05, 0) is 11.4 Å². The van der Waals surface area contributed by atoms with E-state index in [-0.39, 0.29) is 0 Å². The molecule has 0 unspecified atom stereocenters. The zero-order valence-corrected chi connectivity index (χ0v) is 7.88. The van der Waals surface area contributed by atoms with E-state index in [9.17, 15) is 0 Å². The van der Waals surface area contributed by atoms with Crippen molar-refractivity contribution < 1.29 is 0 Å². The van der Waals surface area contributed by atoms with Crippen LogP contribution < -0.4 is 0 Å². The average molecular weight is 189 g/mol. The van der Waals surface area contributed by atoms with E-state index in [2.05, 4.69) is 11.1 Å². The van der Waals surface area contributed by atoms with E-state index in [1.165, 1.54) is 0 Å². The second-order valence-electron chi connectivity index (χ2n) is 2.64. The van der Waals surface area contributed by atoms with Gasteiger partial charge in [0, 0.05) is 7.05 Å². The van der Waals surface area contributed by atoms with Crippen LogP contribution in [0.25, 0.3) is 10.6 Å². The third kappa shape index (κ3) is 1.23. The molecular weight excluding hydrogens is 182 g/mol. The molecular formula is C9H7N3S. The van der Waals surface area contributed by atoms with Gasteiger partial charge >= 0.3 is 0 Å². The minimum Gasteiger partial charge on any atom is -0.332 e. The van der Waals surface area contributed by atoms with Gasteiger partial charge in [-0.1, -0.05) is 6.07 Å². The molecule has 0 saturated carbocycles. The van der Waals surface area contributed by atoms with Crippen molar-refractivity contribution in [2.24, 2.45) is 7.05 Å². The van der Waals surface area contributed by atoms with Crippen molar-refractivity contribution in [3.63, 3.8) is 0 Å². The number of rotatable bonds is 1. The molecule has 0 aliphatic rings. The van der Waals surface area contributed by atoms with E-state index in [0.29, 0.717) is 5.69 Å². The standard InChI is InChI=1S/C9H7N3S/c1-12-6-11-7(5-10)9(12)8-3-2-4-13-8/h2-4,6H,1H3. The van der Waals surface area contributed by atoms with Gasteiger partial charge in [-0.15, -0.1) is 11.3 Å². The average Bonchev–Trinajstić information content (AvgIpc) is 2.72. The minimum absolute atomic E-state index is 0.491. The van der Waals surface area contributed by atoms with E-state index in [1.807, 2.05) is 29.1 Å². The molecule has 64 valence electrons. The second kappa shape index (κ2) is 3.04. The first-order chi connectivity index (χ1) is 6.33. The topological polar surface area (TPSA) is 41.6 Å². The molecule has 2 aromatic rings. The first-order valence-corrected chi connectivity index (χ1v) is 4.66. The number of hydrogen-bond acceptors (Lipinski definition) is 3. The lowest BCUT2D eigenvalue weighted by molar-refractivity contribution is 0.923. The summed E-state index contributed by atoms with van der Waals surface area (Å²) in [5.74, 6) is 0. The predicted molar refractivity (Wildman–Crippen MR) is 51.2 cm³/mol. The highest BCUT2D eigenvalue weighted by Gasteiger charge is 2.10. The van der Waals surface area contributed by atoms with Crippen LogP contribution in [0.5, 0.6) is 0 Å². The highest BCUT2D eigenvalue weighted by molar-refractivity contribution is 7.13. The quantitative estimate of drug-likeness (QED) is 0.688. The Balaban J connectivity index is 2.64. The molecule has 0 aromatic carbocycles. The molecule has 0 aliphatic heterocycles. The molecule has 2 rings (SSSR count). The Morgan fingerprint density at radius 2 is 2.46 bits per heavy atom. The highest BCUT2D eigenvalue weighted by Crippen LogP contribution is 2.26. The van der Waals surface area contributed by atoms with Crippen LogP contribution in [0.4, 0.5) is 0 Å². The fourth-order valence-corrected chi connectivity index (χ4v) is 2.03. The van der Waals surface area contributed by atoms with Crippen LogP contribution in [0.2, 0.25) is 0 Å². The monoisotopic (exact) mass is 189 g/mol. The molecule has 2 heterocycles. The predicted octanol–water partition coefficient (Wildman–Crippen LogP) is 2.02. The van der Waals surface area contributed by atoms with Crippen molar-refractivity contribution in [2.45, 2.75) is 0 Å². The van der Waals surface area contributed by atoms with Crippen molar-refractivity contribution in [1.29, 1.82) is 5.26 Å². The molecule has 0 aliphatic carbocycles. The zero-order valence-electron chi connectivity index (χ0n) is 7.06. The third-order valence-electron chi connectivity index (χ3n) is 1.80. The number of imidazole rings is 1. The Hall–Kier alpha value is -1.60. The summed E-state index contributed by atoms with van der Waals surface area (Å²) >= 11 is 1.61. The smallest absolute Gasteiger partial charge is 0.167 e. The molecule has 0 amide bonds. The summed E-state index contributed by atoms with van der Waals surface area (Å²) < 4.78 is 1.87. The second-order valence-corrected chi connectivity index (χ2v) is 3.59. The summed E-state index contributed by atoms with van der Waals surface area (Å²) in [6.07, 6.45) is 1.66. The normalized spacial score (nSPS) is 9.85. The van der Waals surface area contributed by atoms with Crippen molar-refractivity contribution >= 4 is 11.3 Å². The van der Waals surface area contributed by atoms with Crippen molar-refractivity contribution in [2.75, 3.05) is 0 Å². The Morgan fingerprint density at radius 1 is 1.62 bits per heavy atom. The number of aromatic nitrogens is 2. The van der Waals surface area contributed by atoms with E-state index >= 15 is 0 Å². The van der Waals surface area contributed by atoms with Gasteiger partial charge in [0.05, 0.1) is 16.9 Å². The number of aryl methyl sites for hydroxylation is 1. The number of nitriles is 1. The maximum Gasteiger partial charge on any atom is 0.167 e. The highest BCUT2D eigenvalue weighted by atomic mass is 32.1. The zero-order chi connectivity index (χ0) is 9.26. The van der Waals surface area contributed by atoms with Gasteiger partial charge in [-0.3, -0.25) is 0 Å². The molecule has 0 N–H and O–H groups in total. The molecule has 2 aromatic heterocycles. The van der Waals surface area contributed by atoms with Crippen molar-refractivity contribution in [3.05, 3.63) is 29.5 Å². The van der Waals surface area contributed by atoms with Gasteiger partial charge in [0.1, 0.15) is 6.07 Å². The minimum atomic E-state index is 0.491. The van der Waals surface area contributed by atoms with Crippen LogP contribution in [0.1, 0.15) is 5.69 Å². The fourth-order valence-electron chi connectivity index (χ4n) is 1.22. The summed E-state index contributed by atoms with van der Waals surface area (Å²) in [6.45, 7) is 0. The first kappa shape index (κ1) is 8.02. The summed E-state index contributed by atoms with van der Waals surface area (Å²) in [5.41, 5.74) is 1.39. The summed E-state index contributed by atoms with van der Waals surface area (Å²) in [6, 6.07) is 6.03. The molecule has 0 radical (unpaired) electrons. The maximum absolute atomic E-state index is 8.81. The van der Waals surface area contributed by atoms with E-state index in [0.717, 1.165) is 10.6 Å². The lowest BCUT2D eigenvalue weighted by Crippen LogP contribution is -1.88. The van der Waals surface area contributed by atoms with E-state index < -0.39 is 0 Å². The molecule has 0 fully saturated rings. The fraction of sp³-hybridized carbons (Fsp3) is 0.111. The van der Waals surface area contributed by atoms with Crippen LogP contribution in [0, 0.1) is 11.3 Å². The first-order valence-electron chi connectivity index (χ1n) is 3.78. The molecule has 0 spiro atoms. The Labute approximate surface area is 79.9 Å². The largest absolute Gasteiger partial charge is 0.332 e. The lowest BCUT2D eigenvalue weighted by Gasteiger charge is -1.97. The van der Waals surface area contributed by atoms with Gasteiger partial charge in [-0.25, -0.2) is 4.98 Å². The molecule has 3 nitrogen and oxygen atoms in total. The molecule has 13 heavy (non-hydrogen) atoms. The number of hydrogen-bond donors (Lipinski definition) is 0. The van der Waals surface area contributed by atoms with Gasteiger partial charge in [-0.2, -0.15) is 5.26 Å². The van der Waals surface area contributed by atoms with Crippen LogP contribution >= 0.6 is 11.3 Å².